The zero-order chi connectivity index (χ0) is 20.7. The zero-order valence-corrected chi connectivity index (χ0v) is 17.7. The first-order valence-corrected chi connectivity index (χ1v) is 11.5. The van der Waals surface area contributed by atoms with Gasteiger partial charge in [-0.05, 0) is 44.5 Å². The molecule has 8 nitrogen and oxygen atoms in total. The highest BCUT2D eigenvalue weighted by atomic mass is 35.5. The summed E-state index contributed by atoms with van der Waals surface area (Å²) in [5, 5.41) is 17.3. The van der Waals surface area contributed by atoms with E-state index in [4.69, 9.17) is 22.4 Å². The normalized spacial score (nSPS) is 10.9. The van der Waals surface area contributed by atoms with E-state index < -0.39 is 7.14 Å². The van der Waals surface area contributed by atoms with Gasteiger partial charge in [0.2, 0.25) is 5.95 Å². The number of aromatic nitrogens is 4. The lowest BCUT2D eigenvalue weighted by molar-refractivity contribution is 0.268. The Morgan fingerprint density at radius 2 is 1.96 bits per heavy atom. The van der Waals surface area contributed by atoms with Crippen LogP contribution >= 0.6 is 18.7 Å². The monoisotopic (exact) mass is 422 g/mol. The Morgan fingerprint density at radius 3 is 2.54 bits per heavy atom. The Bertz CT molecular complexity index is 958. The van der Waals surface area contributed by atoms with Crippen LogP contribution in [0.25, 0.3) is 0 Å². The molecule has 0 atom stereocenters. The molecule has 2 aromatic heterocycles. The largest absolute Gasteiger partial charge is 0.398 e. The van der Waals surface area contributed by atoms with Gasteiger partial charge >= 0.3 is 0 Å². The zero-order valence-electron chi connectivity index (χ0n) is 16.0. The topological polar surface area (TPSA) is 119 Å². The lowest BCUT2D eigenvalue weighted by Gasteiger charge is -2.09. The van der Waals surface area contributed by atoms with Gasteiger partial charge in [0.25, 0.3) is 0 Å². The number of anilines is 3. The second kappa shape index (κ2) is 9.68. The minimum absolute atomic E-state index is 0.0732. The maximum absolute atomic E-state index is 11.7. The van der Waals surface area contributed by atoms with Crippen molar-refractivity contribution in [1.82, 2.24) is 19.7 Å². The Hall–Kier alpha value is -2.41. The van der Waals surface area contributed by atoms with Crippen LogP contribution in [0.2, 0.25) is 5.02 Å². The van der Waals surface area contributed by atoms with Gasteiger partial charge in [-0.3, -0.25) is 4.68 Å². The minimum Gasteiger partial charge on any atom is -0.398 e. The van der Waals surface area contributed by atoms with E-state index in [2.05, 4.69) is 20.4 Å². The summed E-state index contributed by atoms with van der Waals surface area (Å²) >= 11 is 5.75. The second-order valence-corrected chi connectivity index (χ2v) is 9.96. The molecule has 0 unspecified atom stereocenters. The Kier molecular flexibility index (Phi) is 7.57. The first-order chi connectivity index (χ1) is 13.2. The molecule has 0 fully saturated rings. The van der Waals surface area contributed by atoms with Crippen molar-refractivity contribution in [2.24, 2.45) is 0 Å². The van der Waals surface area contributed by atoms with Gasteiger partial charge in [0, 0.05) is 28.4 Å². The maximum atomic E-state index is 11.7. The highest BCUT2D eigenvalue weighted by Gasteiger charge is 2.14. The molecule has 0 aliphatic rings. The summed E-state index contributed by atoms with van der Waals surface area (Å²) in [5.74, 6) is 0.536. The van der Waals surface area contributed by atoms with Crippen molar-refractivity contribution in [3.8, 4) is 0 Å². The van der Waals surface area contributed by atoms with Crippen LogP contribution in [0.1, 0.15) is 5.69 Å². The summed E-state index contributed by atoms with van der Waals surface area (Å²) < 4.78 is 13.4. The van der Waals surface area contributed by atoms with Crippen LogP contribution in [-0.2, 0) is 11.1 Å². The highest BCUT2D eigenvalue weighted by Crippen LogP contribution is 2.37. The number of aliphatic hydroxyl groups is 1. The van der Waals surface area contributed by atoms with Gasteiger partial charge < -0.3 is 20.7 Å². The average molecular weight is 423 g/mol. The third-order valence-corrected chi connectivity index (χ3v) is 5.58. The van der Waals surface area contributed by atoms with Crippen LogP contribution in [0.15, 0.2) is 42.9 Å². The van der Waals surface area contributed by atoms with E-state index in [-0.39, 0.29) is 6.61 Å². The van der Waals surface area contributed by atoms with E-state index in [1.165, 1.54) is 0 Å². The van der Waals surface area contributed by atoms with Crippen LogP contribution in [0.3, 0.4) is 0 Å². The number of halogens is 1. The number of benzene rings is 1. The van der Waals surface area contributed by atoms with Crippen LogP contribution in [0.5, 0.6) is 0 Å². The highest BCUT2D eigenvalue weighted by molar-refractivity contribution is 7.70. The van der Waals surface area contributed by atoms with Gasteiger partial charge in [0.1, 0.15) is 7.14 Å². The predicted molar refractivity (Wildman–Crippen MR) is 114 cm³/mol. The molecule has 0 radical (unpaired) electrons. The molecule has 3 rings (SSSR count). The maximum Gasteiger partial charge on any atom is 0.227 e. The van der Waals surface area contributed by atoms with Gasteiger partial charge in [0.05, 0.1) is 30.7 Å². The summed E-state index contributed by atoms with van der Waals surface area (Å²) in [5.41, 5.74) is 7.99. The molecule has 4 N–H and O–H groups in total. The summed E-state index contributed by atoms with van der Waals surface area (Å²) in [6.45, 7) is 5.84. The number of hydrogen-bond donors (Lipinski definition) is 3. The Balaban J connectivity index is 0.000000209. The molecule has 3 aromatic rings. The van der Waals surface area contributed by atoms with Crippen molar-refractivity contribution in [3.63, 3.8) is 0 Å². The summed E-state index contributed by atoms with van der Waals surface area (Å²) in [4.78, 5) is 8.12. The molecular formula is C18H24ClN6O2P. The van der Waals surface area contributed by atoms with Gasteiger partial charge in [-0.15, -0.1) is 0 Å². The molecule has 28 heavy (non-hydrogen) atoms. The molecular weight excluding hydrogens is 399 g/mol. The number of aliphatic hydroxyl groups excluding tert-OH is 1. The third kappa shape index (κ3) is 6.05. The van der Waals surface area contributed by atoms with Gasteiger partial charge in [-0.2, -0.15) is 5.10 Å². The third-order valence-electron chi connectivity index (χ3n) is 3.80. The fourth-order valence-corrected chi connectivity index (χ4v) is 3.75. The Labute approximate surface area is 169 Å². The van der Waals surface area contributed by atoms with E-state index in [1.54, 1.807) is 60.9 Å². The second-order valence-electron chi connectivity index (χ2n) is 6.34. The Morgan fingerprint density at radius 1 is 1.29 bits per heavy atom. The molecule has 0 saturated heterocycles. The minimum atomic E-state index is -2.29. The quantitative estimate of drug-likeness (QED) is 0.427. The number of hydrogen-bond acceptors (Lipinski definition) is 7. The van der Waals surface area contributed by atoms with E-state index in [0.29, 0.717) is 28.5 Å². The van der Waals surface area contributed by atoms with Crippen molar-refractivity contribution in [1.29, 1.82) is 0 Å². The van der Waals surface area contributed by atoms with Crippen LogP contribution in [0.4, 0.5) is 17.3 Å². The van der Waals surface area contributed by atoms with E-state index in [1.807, 2.05) is 6.92 Å². The molecule has 0 spiro atoms. The summed E-state index contributed by atoms with van der Waals surface area (Å²) in [6.07, 6.45) is 5.03. The fraction of sp³-hybridized carbons (Fsp3) is 0.278. The number of nitrogens with zero attached hydrogens (tertiary/aromatic N) is 4. The van der Waals surface area contributed by atoms with E-state index in [9.17, 15) is 4.57 Å². The van der Waals surface area contributed by atoms with Crippen molar-refractivity contribution >= 4 is 41.4 Å². The smallest absolute Gasteiger partial charge is 0.227 e. The average Bonchev–Trinajstić information content (AvgIpc) is 2.98. The predicted octanol–water partition coefficient (Wildman–Crippen LogP) is 2.89. The van der Waals surface area contributed by atoms with Crippen molar-refractivity contribution < 1.29 is 9.67 Å². The molecule has 0 amide bonds. The molecule has 0 aliphatic carbocycles. The van der Waals surface area contributed by atoms with Crippen LogP contribution in [-0.4, -0.2) is 44.8 Å². The van der Waals surface area contributed by atoms with Crippen molar-refractivity contribution in [3.05, 3.63) is 53.6 Å². The number of nitrogens with one attached hydrogen (secondary N) is 1. The molecule has 10 heteroatoms. The molecule has 2 heterocycles. The van der Waals surface area contributed by atoms with E-state index >= 15 is 0 Å². The SMILES string of the molecule is CP(C)(=O)c1cc(Cl)ccc1N.Cc1c(Nc2ncccn2)cnn1CCO. The number of nitrogens with two attached hydrogens (primary N) is 1. The van der Waals surface area contributed by atoms with Gasteiger partial charge in [0.15, 0.2) is 0 Å². The van der Waals surface area contributed by atoms with Crippen LogP contribution in [0, 0.1) is 6.92 Å². The first-order valence-electron chi connectivity index (χ1n) is 8.50. The fourth-order valence-electron chi connectivity index (χ4n) is 2.36. The molecule has 0 bridgehead atoms. The van der Waals surface area contributed by atoms with Crippen molar-refractivity contribution in [2.45, 2.75) is 13.5 Å². The number of nitrogen functional groups attached to an aromatic ring is 1. The van der Waals surface area contributed by atoms with Gasteiger partial charge in [-0.25, -0.2) is 9.97 Å². The lowest BCUT2D eigenvalue weighted by atomic mass is 10.3. The standard InChI is InChI=1S/C10H13N5O.C8H11ClNOP/c1-8-9(7-13-15(8)5-6-16)14-10-11-3-2-4-12-10;1-12(2,11)8-5-6(9)3-4-7(8)10/h2-4,7,16H,5-6H2,1H3,(H,11,12,14);3-5H,10H2,1-2H3. The number of rotatable bonds is 5. The summed E-state index contributed by atoms with van der Waals surface area (Å²) in [6, 6.07) is 6.79. The van der Waals surface area contributed by atoms with Crippen molar-refractivity contribution in [2.75, 3.05) is 31.0 Å². The summed E-state index contributed by atoms with van der Waals surface area (Å²) in [7, 11) is -2.29. The van der Waals surface area contributed by atoms with Crippen LogP contribution < -0.4 is 16.4 Å². The van der Waals surface area contributed by atoms with Gasteiger partial charge in [-0.1, -0.05) is 11.6 Å². The van der Waals surface area contributed by atoms with E-state index in [0.717, 1.165) is 11.4 Å². The molecule has 0 aliphatic heterocycles. The first kappa shape index (κ1) is 21.9. The molecule has 1 aromatic carbocycles. The molecule has 0 saturated carbocycles. The lowest BCUT2D eigenvalue weighted by Crippen LogP contribution is -2.09. The molecule has 150 valence electrons.